The summed E-state index contributed by atoms with van der Waals surface area (Å²) in [5.41, 5.74) is 1.39. The van der Waals surface area contributed by atoms with Gasteiger partial charge in [0.2, 0.25) is 10.0 Å². The molecule has 1 aromatic carbocycles. The predicted octanol–water partition coefficient (Wildman–Crippen LogP) is 2.05. The normalized spacial score (nSPS) is 22.3. The van der Waals surface area contributed by atoms with Gasteiger partial charge in [0.15, 0.2) is 0 Å². The summed E-state index contributed by atoms with van der Waals surface area (Å²) in [5, 5.41) is 3.78. The minimum absolute atomic E-state index is 0.213. The fourth-order valence-corrected chi connectivity index (χ4v) is 5.05. The van der Waals surface area contributed by atoms with Gasteiger partial charge < -0.3 is 5.32 Å². The third-order valence-corrected chi connectivity index (χ3v) is 7.40. The lowest BCUT2D eigenvalue weighted by Gasteiger charge is -2.37. The Morgan fingerprint density at radius 3 is 2.08 bits per heavy atom. The smallest absolute Gasteiger partial charge is 0.213 e. The average molecular weight is 366 g/mol. The van der Waals surface area contributed by atoms with Crippen molar-refractivity contribution in [3.8, 4) is 0 Å². The Kier molecular flexibility index (Phi) is 6.49. The summed E-state index contributed by atoms with van der Waals surface area (Å²) in [6, 6.07) is 11.7. The lowest BCUT2D eigenvalue weighted by Crippen LogP contribution is -2.50. The topological polar surface area (TPSA) is 52.7 Å². The van der Waals surface area contributed by atoms with Gasteiger partial charge in [-0.05, 0) is 51.3 Å². The molecule has 0 atom stereocenters. The van der Waals surface area contributed by atoms with Crippen LogP contribution in [0.4, 0.5) is 0 Å². The fraction of sp³-hybridized carbons (Fsp3) is 0.684. The third-order valence-electron chi connectivity index (χ3n) is 5.52. The average Bonchev–Trinajstić information content (AvgIpc) is 2.65. The zero-order valence-corrected chi connectivity index (χ0v) is 16.0. The highest BCUT2D eigenvalue weighted by Crippen LogP contribution is 2.18. The maximum atomic E-state index is 11.9. The van der Waals surface area contributed by atoms with Crippen molar-refractivity contribution < 1.29 is 8.42 Å². The molecule has 5 nitrogen and oxygen atoms in total. The number of piperidine rings is 2. The number of rotatable bonds is 6. The van der Waals surface area contributed by atoms with Gasteiger partial charge >= 0.3 is 0 Å². The van der Waals surface area contributed by atoms with Gasteiger partial charge in [-0.2, -0.15) is 0 Å². The maximum Gasteiger partial charge on any atom is 0.213 e. The molecule has 2 heterocycles. The van der Waals surface area contributed by atoms with Crippen LogP contribution in [0.3, 0.4) is 0 Å². The summed E-state index contributed by atoms with van der Waals surface area (Å²) >= 11 is 0. The molecule has 0 spiro atoms. The monoisotopic (exact) mass is 365 g/mol. The van der Waals surface area contributed by atoms with Gasteiger partial charge in [-0.3, -0.25) is 4.90 Å². The molecule has 2 aliphatic heterocycles. The van der Waals surface area contributed by atoms with Crippen LogP contribution in [0.5, 0.6) is 0 Å². The number of benzene rings is 1. The number of hydrogen-bond acceptors (Lipinski definition) is 4. The zero-order chi connectivity index (χ0) is 17.7. The minimum atomic E-state index is -3.02. The number of sulfonamides is 1. The molecule has 6 heteroatoms. The summed E-state index contributed by atoms with van der Waals surface area (Å²) in [5.74, 6) is 0.213. The van der Waals surface area contributed by atoms with E-state index in [4.69, 9.17) is 0 Å². The van der Waals surface area contributed by atoms with Gasteiger partial charge in [-0.25, -0.2) is 12.7 Å². The second-order valence-electron chi connectivity index (χ2n) is 7.28. The van der Waals surface area contributed by atoms with Gasteiger partial charge in [0.25, 0.3) is 0 Å². The van der Waals surface area contributed by atoms with Gasteiger partial charge in [0.05, 0.1) is 5.75 Å². The number of nitrogens with zero attached hydrogens (tertiary/aromatic N) is 2. The van der Waals surface area contributed by atoms with E-state index < -0.39 is 10.0 Å². The van der Waals surface area contributed by atoms with Crippen LogP contribution in [0.1, 0.15) is 38.2 Å². The summed E-state index contributed by atoms with van der Waals surface area (Å²) in [6.07, 6.45) is 4.23. The van der Waals surface area contributed by atoms with Gasteiger partial charge in [-0.15, -0.1) is 0 Å². The van der Waals surface area contributed by atoms with Crippen LogP contribution in [0.2, 0.25) is 0 Å². The summed E-state index contributed by atoms with van der Waals surface area (Å²) in [4.78, 5) is 2.53. The van der Waals surface area contributed by atoms with E-state index >= 15 is 0 Å². The molecule has 0 radical (unpaired) electrons. The lowest BCUT2D eigenvalue weighted by molar-refractivity contribution is 0.173. The molecule has 140 valence electrons. The second-order valence-corrected chi connectivity index (χ2v) is 9.53. The van der Waals surface area contributed by atoms with Gasteiger partial charge in [-0.1, -0.05) is 30.3 Å². The molecule has 25 heavy (non-hydrogen) atoms. The molecule has 0 aromatic heterocycles. The highest BCUT2D eigenvalue weighted by Gasteiger charge is 2.28. The number of nitrogens with one attached hydrogen (secondary N) is 1. The van der Waals surface area contributed by atoms with E-state index in [1.54, 1.807) is 11.2 Å². The SMILES string of the molecule is CCS(=O)(=O)N1CCC(NC2CCN(Cc3ccccc3)CC2)CC1. The highest BCUT2D eigenvalue weighted by atomic mass is 32.2. The van der Waals surface area contributed by atoms with Crippen LogP contribution < -0.4 is 5.32 Å². The number of likely N-dealkylation sites (tertiary alicyclic amines) is 1. The molecular weight excluding hydrogens is 334 g/mol. The molecule has 2 fully saturated rings. The zero-order valence-electron chi connectivity index (χ0n) is 15.2. The van der Waals surface area contributed by atoms with Crippen molar-refractivity contribution in [2.45, 2.75) is 51.2 Å². The quantitative estimate of drug-likeness (QED) is 0.838. The molecule has 3 rings (SSSR count). The van der Waals surface area contributed by atoms with E-state index in [-0.39, 0.29) is 5.75 Å². The first-order chi connectivity index (χ1) is 12.1. The first-order valence-electron chi connectivity index (χ1n) is 9.57. The minimum Gasteiger partial charge on any atom is -0.311 e. The molecule has 0 unspecified atom stereocenters. The molecule has 0 bridgehead atoms. The van der Waals surface area contributed by atoms with Crippen LogP contribution >= 0.6 is 0 Å². The number of hydrogen-bond donors (Lipinski definition) is 1. The Bertz CT molecular complexity index is 619. The Morgan fingerprint density at radius 1 is 0.960 bits per heavy atom. The van der Waals surface area contributed by atoms with Gasteiger partial charge in [0, 0.05) is 31.7 Å². The lowest BCUT2D eigenvalue weighted by atomic mass is 10.00. The van der Waals surface area contributed by atoms with Crippen molar-refractivity contribution in [2.24, 2.45) is 0 Å². The predicted molar refractivity (Wildman–Crippen MR) is 102 cm³/mol. The van der Waals surface area contributed by atoms with Crippen molar-refractivity contribution in [1.29, 1.82) is 0 Å². The summed E-state index contributed by atoms with van der Waals surface area (Å²) in [7, 11) is -3.02. The molecule has 0 amide bonds. The molecular formula is C19H31N3O2S. The standard InChI is InChI=1S/C19H31N3O2S/c1-2-25(23,24)22-14-10-19(11-15-22)20-18-8-12-21(13-9-18)16-17-6-4-3-5-7-17/h3-7,18-20H,2,8-16H2,1H3. The first kappa shape index (κ1) is 18.8. The Labute approximate surface area is 152 Å². The molecule has 2 aliphatic rings. The van der Waals surface area contributed by atoms with Crippen molar-refractivity contribution in [3.63, 3.8) is 0 Å². The summed E-state index contributed by atoms with van der Waals surface area (Å²) in [6.45, 7) is 6.37. The van der Waals surface area contributed by atoms with Crippen LogP contribution in [-0.4, -0.2) is 61.6 Å². The van der Waals surface area contributed by atoms with E-state index in [1.807, 2.05) is 0 Å². The maximum absolute atomic E-state index is 11.9. The van der Waals surface area contributed by atoms with Crippen molar-refractivity contribution in [1.82, 2.24) is 14.5 Å². The van der Waals surface area contributed by atoms with E-state index in [0.717, 1.165) is 32.5 Å². The Hall–Kier alpha value is -0.950. The first-order valence-corrected chi connectivity index (χ1v) is 11.2. The largest absolute Gasteiger partial charge is 0.311 e. The van der Waals surface area contributed by atoms with E-state index in [0.29, 0.717) is 25.2 Å². The van der Waals surface area contributed by atoms with E-state index in [1.165, 1.54) is 18.4 Å². The third kappa shape index (κ3) is 5.26. The highest BCUT2D eigenvalue weighted by molar-refractivity contribution is 7.89. The second kappa shape index (κ2) is 8.62. The molecule has 1 N–H and O–H groups in total. The van der Waals surface area contributed by atoms with Crippen LogP contribution in [0.25, 0.3) is 0 Å². The van der Waals surface area contributed by atoms with Crippen LogP contribution in [-0.2, 0) is 16.6 Å². The van der Waals surface area contributed by atoms with Crippen LogP contribution in [0, 0.1) is 0 Å². The van der Waals surface area contributed by atoms with Crippen LogP contribution in [0.15, 0.2) is 30.3 Å². The van der Waals surface area contributed by atoms with Crippen molar-refractivity contribution in [3.05, 3.63) is 35.9 Å². The Balaban J connectivity index is 1.38. The fourth-order valence-electron chi connectivity index (χ4n) is 3.92. The van der Waals surface area contributed by atoms with Crippen molar-refractivity contribution in [2.75, 3.05) is 31.9 Å². The molecule has 0 saturated carbocycles. The molecule has 1 aromatic rings. The van der Waals surface area contributed by atoms with E-state index in [2.05, 4.69) is 40.5 Å². The van der Waals surface area contributed by atoms with E-state index in [9.17, 15) is 8.42 Å². The molecule has 0 aliphatic carbocycles. The molecule has 2 saturated heterocycles. The Morgan fingerprint density at radius 2 is 1.52 bits per heavy atom. The van der Waals surface area contributed by atoms with Gasteiger partial charge in [0.1, 0.15) is 0 Å². The van der Waals surface area contributed by atoms with Crippen molar-refractivity contribution >= 4 is 10.0 Å². The summed E-state index contributed by atoms with van der Waals surface area (Å²) < 4.78 is 25.5.